The molecule has 6 nitrogen and oxygen atoms in total. The molecule has 0 aliphatic carbocycles. The second-order valence-electron chi connectivity index (χ2n) is 5.60. The Morgan fingerprint density at radius 3 is 2.44 bits per heavy atom. The molecule has 0 spiro atoms. The van der Waals surface area contributed by atoms with Gasteiger partial charge in [-0.25, -0.2) is 0 Å². The number of hydrogen-bond donors (Lipinski definition) is 1. The Hall–Kier alpha value is -2.67. The summed E-state index contributed by atoms with van der Waals surface area (Å²) in [6, 6.07) is 5.55. The molecule has 2 rings (SSSR count). The lowest BCUT2D eigenvalue weighted by Gasteiger charge is -2.23. The van der Waals surface area contributed by atoms with Crippen molar-refractivity contribution in [3.05, 3.63) is 46.9 Å². The molecule has 0 saturated carbocycles. The maximum atomic E-state index is 12.4. The lowest BCUT2D eigenvalue weighted by Crippen LogP contribution is -2.28. The van der Waals surface area contributed by atoms with Gasteiger partial charge in [0, 0.05) is 29.2 Å². The Balaban J connectivity index is 2.39. The van der Waals surface area contributed by atoms with Gasteiger partial charge in [-0.05, 0) is 54.7 Å². The Kier molecular flexibility index (Phi) is 5.93. The lowest BCUT2D eigenvalue weighted by molar-refractivity contribution is -0.115. The van der Waals surface area contributed by atoms with Crippen molar-refractivity contribution in [2.75, 3.05) is 17.3 Å². The molecule has 132 valence electrons. The number of aryl methyl sites for hydroxylation is 2. The zero-order valence-corrected chi connectivity index (χ0v) is 15.6. The third kappa shape index (κ3) is 4.45. The number of rotatable bonds is 6. The van der Waals surface area contributed by atoms with Gasteiger partial charge in [0.25, 0.3) is 5.91 Å². The van der Waals surface area contributed by atoms with E-state index in [4.69, 9.17) is 4.74 Å². The first-order valence-electron chi connectivity index (χ1n) is 7.68. The Morgan fingerprint density at radius 1 is 1.32 bits per heavy atom. The van der Waals surface area contributed by atoms with Crippen molar-refractivity contribution < 1.29 is 14.3 Å². The van der Waals surface area contributed by atoms with Gasteiger partial charge in [-0.1, -0.05) is 6.58 Å². The Bertz CT molecular complexity index is 791. The van der Waals surface area contributed by atoms with Gasteiger partial charge in [-0.15, -0.1) is 0 Å². The van der Waals surface area contributed by atoms with Crippen LogP contribution in [-0.2, 0) is 16.1 Å². The first-order chi connectivity index (χ1) is 11.8. The van der Waals surface area contributed by atoms with Crippen molar-refractivity contribution in [2.45, 2.75) is 27.3 Å². The van der Waals surface area contributed by atoms with E-state index in [0.29, 0.717) is 12.4 Å². The number of nitrogens with zero attached hydrogens (tertiary/aromatic N) is 2. The van der Waals surface area contributed by atoms with Crippen LogP contribution in [0.1, 0.15) is 22.9 Å². The van der Waals surface area contributed by atoms with E-state index in [1.807, 2.05) is 26.0 Å². The van der Waals surface area contributed by atoms with E-state index in [9.17, 15) is 9.59 Å². The summed E-state index contributed by atoms with van der Waals surface area (Å²) in [5, 5.41) is 2.82. The molecule has 1 heterocycles. The minimum absolute atomic E-state index is 0.130. The van der Waals surface area contributed by atoms with E-state index < -0.39 is 0 Å². The Labute approximate surface area is 151 Å². The van der Waals surface area contributed by atoms with Crippen molar-refractivity contribution in [3.8, 4) is 5.88 Å². The largest absolute Gasteiger partial charge is 0.480 e. The molecule has 0 radical (unpaired) electrons. The lowest BCUT2D eigenvalue weighted by atomic mass is 10.1. The average Bonchev–Trinajstić information content (AvgIpc) is 3.02. The number of benzene rings is 1. The standard InChI is InChI=1S/C18H21N3O3S/c1-6-17(23)21(10-15-9-16(24-5)20-25-15)14-7-11(2)18(12(3)8-14)19-13(4)22/h6-9H,1,10H2,2-5H3,(H,19,22). The number of ether oxygens (including phenoxy) is 1. The number of methoxy groups -OCH3 is 1. The van der Waals surface area contributed by atoms with Gasteiger partial charge in [0.2, 0.25) is 11.8 Å². The smallest absolute Gasteiger partial charge is 0.250 e. The molecule has 1 aromatic carbocycles. The zero-order chi connectivity index (χ0) is 18.6. The molecule has 1 aromatic heterocycles. The van der Waals surface area contributed by atoms with Crippen LogP contribution in [0.2, 0.25) is 0 Å². The number of hydrogen-bond acceptors (Lipinski definition) is 5. The van der Waals surface area contributed by atoms with Crippen LogP contribution in [0.3, 0.4) is 0 Å². The molecule has 0 atom stereocenters. The van der Waals surface area contributed by atoms with Crippen LogP contribution in [0.25, 0.3) is 0 Å². The summed E-state index contributed by atoms with van der Waals surface area (Å²) >= 11 is 1.28. The highest BCUT2D eigenvalue weighted by Gasteiger charge is 2.18. The highest BCUT2D eigenvalue weighted by atomic mass is 32.1. The van der Waals surface area contributed by atoms with Crippen LogP contribution in [0.5, 0.6) is 5.88 Å². The second kappa shape index (κ2) is 7.94. The number of nitrogens with one attached hydrogen (secondary N) is 1. The molecule has 7 heteroatoms. The number of aromatic nitrogens is 1. The van der Waals surface area contributed by atoms with Gasteiger partial charge < -0.3 is 15.0 Å². The fraction of sp³-hybridized carbons (Fsp3) is 0.278. The molecule has 0 fully saturated rings. The van der Waals surface area contributed by atoms with Gasteiger partial charge in [0.15, 0.2) is 0 Å². The summed E-state index contributed by atoms with van der Waals surface area (Å²) in [6.07, 6.45) is 1.28. The highest BCUT2D eigenvalue weighted by molar-refractivity contribution is 7.05. The summed E-state index contributed by atoms with van der Waals surface area (Å²) < 4.78 is 9.25. The second-order valence-corrected chi connectivity index (χ2v) is 6.49. The number of amides is 2. The van der Waals surface area contributed by atoms with E-state index in [2.05, 4.69) is 16.3 Å². The predicted molar refractivity (Wildman–Crippen MR) is 100 cm³/mol. The molecule has 2 aromatic rings. The van der Waals surface area contributed by atoms with Gasteiger partial charge in [-0.3, -0.25) is 9.59 Å². The van der Waals surface area contributed by atoms with E-state index in [1.54, 1.807) is 18.1 Å². The highest BCUT2D eigenvalue weighted by Crippen LogP contribution is 2.29. The van der Waals surface area contributed by atoms with E-state index in [-0.39, 0.29) is 11.8 Å². The molecule has 0 unspecified atom stereocenters. The Morgan fingerprint density at radius 2 is 1.96 bits per heavy atom. The van der Waals surface area contributed by atoms with Crippen molar-refractivity contribution in [2.24, 2.45) is 0 Å². The van der Waals surface area contributed by atoms with Crippen molar-refractivity contribution in [1.82, 2.24) is 4.37 Å². The van der Waals surface area contributed by atoms with Crippen molar-refractivity contribution >= 4 is 34.7 Å². The SMILES string of the molecule is C=CC(=O)N(Cc1cc(OC)ns1)c1cc(C)c(NC(C)=O)c(C)c1. The van der Waals surface area contributed by atoms with E-state index in [0.717, 1.165) is 27.4 Å². The number of anilines is 2. The van der Waals surface area contributed by atoms with Crippen LogP contribution in [0, 0.1) is 13.8 Å². The third-order valence-corrected chi connectivity index (χ3v) is 4.38. The maximum absolute atomic E-state index is 12.4. The van der Waals surface area contributed by atoms with Gasteiger partial charge >= 0.3 is 0 Å². The molecule has 0 aliphatic heterocycles. The normalized spacial score (nSPS) is 10.2. The first-order valence-corrected chi connectivity index (χ1v) is 8.45. The fourth-order valence-electron chi connectivity index (χ4n) is 2.50. The summed E-state index contributed by atoms with van der Waals surface area (Å²) in [6.45, 7) is 9.22. The van der Waals surface area contributed by atoms with Crippen LogP contribution in [0.4, 0.5) is 11.4 Å². The predicted octanol–water partition coefficient (Wildman–Crippen LogP) is 3.45. The van der Waals surface area contributed by atoms with Crippen LogP contribution >= 0.6 is 11.5 Å². The van der Waals surface area contributed by atoms with Gasteiger partial charge in [-0.2, -0.15) is 4.37 Å². The maximum Gasteiger partial charge on any atom is 0.250 e. The molecule has 0 bridgehead atoms. The van der Waals surface area contributed by atoms with Gasteiger partial charge in [0.1, 0.15) is 0 Å². The summed E-state index contributed by atoms with van der Waals surface area (Å²) in [7, 11) is 1.55. The van der Waals surface area contributed by atoms with E-state index >= 15 is 0 Å². The minimum atomic E-state index is -0.210. The fourth-order valence-corrected chi connectivity index (χ4v) is 3.17. The topological polar surface area (TPSA) is 71.5 Å². The molecule has 25 heavy (non-hydrogen) atoms. The molecule has 2 amide bonds. The zero-order valence-electron chi connectivity index (χ0n) is 14.8. The molecule has 0 aliphatic rings. The summed E-state index contributed by atoms with van der Waals surface area (Å²) in [4.78, 5) is 26.2. The number of carbonyl (C=O) groups excluding carboxylic acids is 2. The van der Waals surface area contributed by atoms with Gasteiger partial charge in [0.05, 0.1) is 13.7 Å². The van der Waals surface area contributed by atoms with Crippen LogP contribution in [-0.4, -0.2) is 23.3 Å². The van der Waals surface area contributed by atoms with Crippen molar-refractivity contribution in [1.29, 1.82) is 0 Å². The molecule has 1 N–H and O–H groups in total. The minimum Gasteiger partial charge on any atom is -0.480 e. The number of carbonyl (C=O) groups is 2. The van der Waals surface area contributed by atoms with E-state index in [1.165, 1.54) is 24.5 Å². The molecular formula is C18H21N3O3S. The molecule has 0 saturated heterocycles. The van der Waals surface area contributed by atoms with Crippen LogP contribution in [0.15, 0.2) is 30.9 Å². The quantitative estimate of drug-likeness (QED) is 0.802. The van der Waals surface area contributed by atoms with Crippen molar-refractivity contribution in [3.63, 3.8) is 0 Å². The summed E-state index contributed by atoms with van der Waals surface area (Å²) in [5.41, 5.74) is 3.27. The summed E-state index contributed by atoms with van der Waals surface area (Å²) in [5.74, 6) is 0.188. The average molecular weight is 359 g/mol. The van der Waals surface area contributed by atoms with Crippen LogP contribution < -0.4 is 15.0 Å². The third-order valence-electron chi connectivity index (χ3n) is 3.63. The monoisotopic (exact) mass is 359 g/mol. The first kappa shape index (κ1) is 18.7. The molecular weight excluding hydrogens is 338 g/mol.